The summed E-state index contributed by atoms with van der Waals surface area (Å²) in [5, 5.41) is 4.14. The minimum atomic E-state index is -4.01. The number of nitrogens with zero attached hydrogens (tertiary/aromatic N) is 1. The molecule has 0 spiro atoms. The standard InChI is InChI=1S/C13H12ClFN2O4S/c1-7-5-12(17-21-7)16-13(18)8(2)22(19,20)9-3-4-11(15)10(14)6-9/h3-6,8H,1-2H3,(H,16,17,18). The minimum Gasteiger partial charge on any atom is -0.360 e. The van der Waals surface area contributed by atoms with Crippen molar-refractivity contribution in [2.24, 2.45) is 0 Å². The van der Waals surface area contributed by atoms with Crippen molar-refractivity contribution in [3.05, 3.63) is 40.9 Å². The number of aryl methyl sites for hydroxylation is 1. The number of benzene rings is 1. The molecule has 6 nitrogen and oxygen atoms in total. The highest BCUT2D eigenvalue weighted by molar-refractivity contribution is 7.92. The number of aromatic nitrogens is 1. The Morgan fingerprint density at radius 1 is 1.41 bits per heavy atom. The Bertz CT molecular complexity index is 819. The molecule has 0 aliphatic carbocycles. The van der Waals surface area contributed by atoms with Gasteiger partial charge in [0.1, 0.15) is 16.8 Å². The van der Waals surface area contributed by atoms with Gasteiger partial charge in [0.15, 0.2) is 15.7 Å². The number of anilines is 1. The number of rotatable bonds is 4. The molecule has 1 atom stereocenters. The Morgan fingerprint density at radius 2 is 2.09 bits per heavy atom. The molecule has 2 aromatic rings. The predicted octanol–water partition coefficient (Wildman–Crippen LogP) is 2.58. The first kappa shape index (κ1) is 16.4. The van der Waals surface area contributed by atoms with Gasteiger partial charge in [0, 0.05) is 6.07 Å². The fraction of sp³-hybridized carbons (Fsp3) is 0.231. The van der Waals surface area contributed by atoms with E-state index in [1.807, 2.05) is 0 Å². The van der Waals surface area contributed by atoms with Crippen LogP contribution >= 0.6 is 11.6 Å². The lowest BCUT2D eigenvalue weighted by atomic mass is 10.3. The summed E-state index contributed by atoms with van der Waals surface area (Å²) in [5.74, 6) is -0.942. The Balaban J connectivity index is 2.24. The van der Waals surface area contributed by atoms with Gasteiger partial charge < -0.3 is 9.84 Å². The lowest BCUT2D eigenvalue weighted by molar-refractivity contribution is -0.115. The molecule has 1 unspecified atom stereocenters. The second-order valence-electron chi connectivity index (χ2n) is 4.58. The lowest BCUT2D eigenvalue weighted by Gasteiger charge is -2.12. The summed E-state index contributed by atoms with van der Waals surface area (Å²) in [5.41, 5.74) is 0. The molecular formula is C13H12ClFN2O4S. The molecule has 0 radical (unpaired) electrons. The van der Waals surface area contributed by atoms with Crippen LogP contribution in [0.4, 0.5) is 10.2 Å². The second kappa shape index (κ2) is 6.05. The van der Waals surface area contributed by atoms with Gasteiger partial charge >= 0.3 is 0 Å². The van der Waals surface area contributed by atoms with Gasteiger partial charge in [0.25, 0.3) is 0 Å². The van der Waals surface area contributed by atoms with E-state index in [2.05, 4.69) is 10.5 Å². The molecule has 22 heavy (non-hydrogen) atoms. The van der Waals surface area contributed by atoms with Crippen molar-refractivity contribution >= 4 is 33.2 Å². The van der Waals surface area contributed by atoms with Gasteiger partial charge in [-0.15, -0.1) is 0 Å². The third kappa shape index (κ3) is 3.28. The molecule has 0 bridgehead atoms. The molecule has 1 N–H and O–H groups in total. The summed E-state index contributed by atoms with van der Waals surface area (Å²) >= 11 is 5.57. The Kier molecular flexibility index (Phi) is 4.52. The summed E-state index contributed by atoms with van der Waals surface area (Å²) in [4.78, 5) is 11.8. The summed E-state index contributed by atoms with van der Waals surface area (Å²) < 4.78 is 42.6. The highest BCUT2D eigenvalue weighted by Gasteiger charge is 2.30. The summed E-state index contributed by atoms with van der Waals surface area (Å²) in [6, 6.07) is 4.41. The van der Waals surface area contributed by atoms with E-state index in [0.717, 1.165) is 18.2 Å². The fourth-order valence-corrected chi connectivity index (χ4v) is 3.19. The van der Waals surface area contributed by atoms with Crippen LogP contribution in [0.3, 0.4) is 0 Å². The van der Waals surface area contributed by atoms with E-state index in [9.17, 15) is 17.6 Å². The van der Waals surface area contributed by atoms with Gasteiger partial charge in [-0.05, 0) is 32.0 Å². The van der Waals surface area contributed by atoms with Gasteiger partial charge in [0.2, 0.25) is 5.91 Å². The molecule has 1 aromatic heterocycles. The minimum absolute atomic E-state index is 0.113. The number of carbonyl (C=O) groups excluding carboxylic acids is 1. The van der Waals surface area contributed by atoms with Crippen molar-refractivity contribution in [3.63, 3.8) is 0 Å². The smallest absolute Gasteiger partial charge is 0.244 e. The van der Waals surface area contributed by atoms with Crippen LogP contribution in [0, 0.1) is 12.7 Å². The van der Waals surface area contributed by atoms with E-state index in [0.29, 0.717) is 5.76 Å². The molecular weight excluding hydrogens is 335 g/mol. The van der Waals surface area contributed by atoms with Crippen molar-refractivity contribution in [1.82, 2.24) is 5.16 Å². The highest BCUT2D eigenvalue weighted by Crippen LogP contribution is 2.23. The first-order valence-corrected chi connectivity index (χ1v) is 8.07. The van der Waals surface area contributed by atoms with Crippen LogP contribution in [0.2, 0.25) is 5.02 Å². The van der Waals surface area contributed by atoms with E-state index in [1.54, 1.807) is 6.92 Å². The summed E-state index contributed by atoms with van der Waals surface area (Å²) in [6.45, 7) is 2.85. The van der Waals surface area contributed by atoms with E-state index in [4.69, 9.17) is 16.1 Å². The SMILES string of the molecule is Cc1cc(NC(=O)C(C)S(=O)(=O)c2ccc(F)c(Cl)c2)no1. The third-order valence-electron chi connectivity index (χ3n) is 2.93. The van der Waals surface area contributed by atoms with E-state index < -0.39 is 26.8 Å². The highest BCUT2D eigenvalue weighted by atomic mass is 35.5. The molecule has 0 aliphatic rings. The molecule has 9 heteroatoms. The number of hydrogen-bond acceptors (Lipinski definition) is 5. The average molecular weight is 347 g/mol. The van der Waals surface area contributed by atoms with Crippen LogP contribution in [0.15, 0.2) is 33.7 Å². The molecule has 118 valence electrons. The van der Waals surface area contributed by atoms with Crippen LogP contribution in [0.1, 0.15) is 12.7 Å². The third-order valence-corrected chi connectivity index (χ3v) is 5.28. The van der Waals surface area contributed by atoms with Crippen LogP contribution in [-0.2, 0) is 14.6 Å². The molecule has 1 heterocycles. The van der Waals surface area contributed by atoms with Crippen molar-refractivity contribution in [1.29, 1.82) is 0 Å². The number of hydrogen-bond donors (Lipinski definition) is 1. The zero-order valence-electron chi connectivity index (χ0n) is 11.6. The van der Waals surface area contributed by atoms with Crippen molar-refractivity contribution < 1.29 is 22.1 Å². The molecule has 2 rings (SSSR count). The number of carbonyl (C=O) groups is 1. The first-order chi connectivity index (χ1) is 10.2. The number of amides is 1. The Labute approximate surface area is 131 Å². The Hall–Kier alpha value is -1.93. The zero-order valence-corrected chi connectivity index (χ0v) is 13.2. The van der Waals surface area contributed by atoms with Gasteiger partial charge in [-0.2, -0.15) is 0 Å². The normalized spacial score (nSPS) is 12.9. The van der Waals surface area contributed by atoms with Crippen LogP contribution in [-0.4, -0.2) is 24.7 Å². The molecule has 0 aliphatic heterocycles. The molecule has 1 aromatic carbocycles. The van der Waals surface area contributed by atoms with Crippen LogP contribution < -0.4 is 5.32 Å². The van der Waals surface area contributed by atoms with E-state index in [-0.39, 0.29) is 15.7 Å². The molecule has 1 amide bonds. The molecule has 0 saturated heterocycles. The van der Waals surface area contributed by atoms with Gasteiger partial charge in [-0.1, -0.05) is 16.8 Å². The predicted molar refractivity (Wildman–Crippen MR) is 77.9 cm³/mol. The van der Waals surface area contributed by atoms with Crippen molar-refractivity contribution in [2.75, 3.05) is 5.32 Å². The zero-order chi connectivity index (χ0) is 16.5. The van der Waals surface area contributed by atoms with Crippen molar-refractivity contribution in [3.8, 4) is 0 Å². The summed E-state index contributed by atoms with van der Waals surface area (Å²) in [6.07, 6.45) is 0. The van der Waals surface area contributed by atoms with Crippen molar-refractivity contribution in [2.45, 2.75) is 24.0 Å². The monoisotopic (exact) mass is 346 g/mol. The largest absolute Gasteiger partial charge is 0.360 e. The first-order valence-electron chi connectivity index (χ1n) is 6.15. The maximum Gasteiger partial charge on any atom is 0.244 e. The maximum atomic E-state index is 13.1. The maximum absolute atomic E-state index is 13.1. The topological polar surface area (TPSA) is 89.3 Å². The fourth-order valence-electron chi connectivity index (χ4n) is 1.65. The van der Waals surface area contributed by atoms with Gasteiger partial charge in [0.05, 0.1) is 9.92 Å². The number of sulfone groups is 1. The molecule has 0 saturated carbocycles. The van der Waals surface area contributed by atoms with Gasteiger partial charge in [-0.25, -0.2) is 12.8 Å². The number of nitrogens with one attached hydrogen (secondary N) is 1. The quantitative estimate of drug-likeness (QED) is 0.859. The second-order valence-corrected chi connectivity index (χ2v) is 7.25. The number of halogens is 2. The summed E-state index contributed by atoms with van der Waals surface area (Å²) in [7, 11) is -4.01. The lowest BCUT2D eigenvalue weighted by Crippen LogP contribution is -2.32. The van der Waals surface area contributed by atoms with E-state index in [1.165, 1.54) is 13.0 Å². The Morgan fingerprint density at radius 3 is 2.64 bits per heavy atom. The van der Waals surface area contributed by atoms with Crippen LogP contribution in [0.5, 0.6) is 0 Å². The van der Waals surface area contributed by atoms with Crippen LogP contribution in [0.25, 0.3) is 0 Å². The molecule has 0 fully saturated rings. The van der Waals surface area contributed by atoms with E-state index >= 15 is 0 Å². The average Bonchev–Trinajstić information content (AvgIpc) is 2.86. The van der Waals surface area contributed by atoms with Gasteiger partial charge in [-0.3, -0.25) is 4.79 Å².